The molecule has 140 valence electrons. The number of carbonyl (C=O) groups excluding carboxylic acids is 1. The van der Waals surface area contributed by atoms with Crippen LogP contribution in [0.5, 0.6) is 0 Å². The Morgan fingerprint density at radius 1 is 1.14 bits per heavy atom. The largest absolute Gasteiger partial charge is 0.344 e. The predicted molar refractivity (Wildman–Crippen MR) is 105 cm³/mol. The van der Waals surface area contributed by atoms with Crippen LogP contribution in [-0.2, 0) is 6.42 Å². The molecular formula is C21H19N5O2. The molecule has 7 heteroatoms. The third-order valence-electron chi connectivity index (χ3n) is 4.45. The van der Waals surface area contributed by atoms with Gasteiger partial charge in [0.05, 0.1) is 11.7 Å². The van der Waals surface area contributed by atoms with Gasteiger partial charge < -0.3 is 5.32 Å². The van der Waals surface area contributed by atoms with Gasteiger partial charge in [-0.2, -0.15) is 0 Å². The van der Waals surface area contributed by atoms with Gasteiger partial charge in [0.25, 0.3) is 11.5 Å². The minimum atomic E-state index is -0.343. The number of benzene rings is 1. The van der Waals surface area contributed by atoms with Crippen LogP contribution in [0.1, 0.15) is 33.5 Å². The van der Waals surface area contributed by atoms with E-state index >= 15 is 0 Å². The summed E-state index contributed by atoms with van der Waals surface area (Å²) in [4.78, 5) is 33.7. The zero-order chi connectivity index (χ0) is 19.5. The summed E-state index contributed by atoms with van der Waals surface area (Å²) in [5, 5.41) is 5.97. The van der Waals surface area contributed by atoms with Crippen LogP contribution in [0.15, 0.2) is 71.7 Å². The van der Waals surface area contributed by atoms with Gasteiger partial charge in [-0.15, -0.1) is 0 Å². The van der Waals surface area contributed by atoms with E-state index in [1.165, 1.54) is 10.6 Å². The van der Waals surface area contributed by atoms with Crippen molar-refractivity contribution in [2.24, 2.45) is 0 Å². The molecule has 0 aliphatic heterocycles. The monoisotopic (exact) mass is 373 g/mol. The summed E-state index contributed by atoms with van der Waals surface area (Å²) in [6.45, 7) is 1.87. The molecule has 1 aromatic carbocycles. The van der Waals surface area contributed by atoms with E-state index in [1.54, 1.807) is 24.4 Å². The summed E-state index contributed by atoms with van der Waals surface area (Å²) in [6, 6.07) is 17.8. The minimum absolute atomic E-state index is 0.184. The van der Waals surface area contributed by atoms with Crippen LogP contribution in [-0.4, -0.2) is 25.5 Å². The molecule has 0 radical (unpaired) electrons. The summed E-state index contributed by atoms with van der Waals surface area (Å²) >= 11 is 0. The smallest absolute Gasteiger partial charge is 0.272 e. The number of nitrogens with zero attached hydrogens (tertiary/aromatic N) is 3. The van der Waals surface area contributed by atoms with Gasteiger partial charge in [-0.05, 0) is 24.6 Å². The van der Waals surface area contributed by atoms with Crippen LogP contribution in [0.4, 0.5) is 0 Å². The SMILES string of the molecule is Cc1cc2nc(C[C@@H](NC(=O)c3ccccn3)c3ccccc3)cc(=O)n2[nH]1. The number of pyridine rings is 1. The summed E-state index contributed by atoms with van der Waals surface area (Å²) in [6.07, 6.45) is 1.97. The third-order valence-corrected chi connectivity index (χ3v) is 4.45. The van der Waals surface area contributed by atoms with E-state index in [-0.39, 0.29) is 17.5 Å². The summed E-state index contributed by atoms with van der Waals surface area (Å²) in [7, 11) is 0. The Labute approximate surface area is 161 Å². The van der Waals surface area contributed by atoms with Crippen molar-refractivity contribution in [2.45, 2.75) is 19.4 Å². The molecule has 1 atom stereocenters. The fraction of sp³-hybridized carbons (Fsp3) is 0.143. The van der Waals surface area contributed by atoms with Crippen LogP contribution in [0, 0.1) is 6.92 Å². The standard InChI is InChI=1S/C21H19N5O2/c1-14-11-19-23-16(13-20(27)26(19)25-14)12-18(15-7-3-2-4-8-15)24-21(28)17-9-5-6-10-22-17/h2-11,13,18,25H,12H2,1H3,(H,24,28)/t18-/m1/s1. The molecule has 0 saturated carbocycles. The van der Waals surface area contributed by atoms with Crippen molar-refractivity contribution >= 4 is 11.6 Å². The zero-order valence-corrected chi connectivity index (χ0v) is 15.3. The minimum Gasteiger partial charge on any atom is -0.344 e. The first kappa shape index (κ1) is 17.7. The number of rotatable bonds is 5. The van der Waals surface area contributed by atoms with Crippen molar-refractivity contribution in [3.05, 3.63) is 99.9 Å². The molecule has 0 saturated heterocycles. The first-order valence-electron chi connectivity index (χ1n) is 8.95. The van der Waals surface area contributed by atoms with Gasteiger partial charge >= 0.3 is 0 Å². The highest BCUT2D eigenvalue weighted by Crippen LogP contribution is 2.18. The van der Waals surface area contributed by atoms with E-state index in [0.29, 0.717) is 23.5 Å². The van der Waals surface area contributed by atoms with Gasteiger partial charge in [-0.1, -0.05) is 36.4 Å². The average Bonchev–Trinajstić information content (AvgIpc) is 3.09. The Morgan fingerprint density at radius 3 is 2.68 bits per heavy atom. The lowest BCUT2D eigenvalue weighted by Crippen LogP contribution is -2.31. The predicted octanol–water partition coefficient (Wildman–Crippen LogP) is 2.44. The molecule has 7 nitrogen and oxygen atoms in total. The molecular weight excluding hydrogens is 354 g/mol. The lowest BCUT2D eigenvalue weighted by atomic mass is 10.0. The molecule has 0 bridgehead atoms. The van der Waals surface area contributed by atoms with Crippen LogP contribution in [0.25, 0.3) is 5.65 Å². The Hall–Kier alpha value is -3.74. The number of aromatic amines is 1. The maximum absolute atomic E-state index is 12.6. The van der Waals surface area contributed by atoms with Crippen molar-refractivity contribution in [1.82, 2.24) is 24.9 Å². The second-order valence-corrected chi connectivity index (χ2v) is 6.57. The van der Waals surface area contributed by atoms with Gasteiger partial charge in [0.15, 0.2) is 5.65 Å². The van der Waals surface area contributed by atoms with E-state index in [2.05, 4.69) is 20.4 Å². The molecule has 4 rings (SSSR count). The number of fused-ring (bicyclic) bond motifs is 1. The molecule has 4 aromatic rings. The van der Waals surface area contributed by atoms with E-state index in [0.717, 1.165) is 11.3 Å². The number of H-pyrrole nitrogens is 1. The summed E-state index contributed by atoms with van der Waals surface area (Å²) in [5.41, 5.74) is 3.11. The molecule has 0 aliphatic rings. The summed E-state index contributed by atoms with van der Waals surface area (Å²) < 4.78 is 1.41. The van der Waals surface area contributed by atoms with Gasteiger partial charge in [-0.3, -0.25) is 19.7 Å². The zero-order valence-electron chi connectivity index (χ0n) is 15.3. The number of nitrogens with one attached hydrogen (secondary N) is 2. The van der Waals surface area contributed by atoms with Crippen molar-refractivity contribution in [2.75, 3.05) is 0 Å². The fourth-order valence-electron chi connectivity index (χ4n) is 3.14. The molecule has 28 heavy (non-hydrogen) atoms. The van der Waals surface area contributed by atoms with E-state index < -0.39 is 0 Å². The first-order valence-corrected chi connectivity index (χ1v) is 8.95. The fourth-order valence-corrected chi connectivity index (χ4v) is 3.14. The number of aryl methyl sites for hydroxylation is 1. The van der Waals surface area contributed by atoms with E-state index in [1.807, 2.05) is 43.3 Å². The Bertz CT molecular complexity index is 1170. The van der Waals surface area contributed by atoms with Crippen molar-refractivity contribution in [1.29, 1.82) is 0 Å². The van der Waals surface area contributed by atoms with E-state index in [9.17, 15) is 9.59 Å². The average molecular weight is 373 g/mol. The molecule has 2 N–H and O–H groups in total. The number of aromatic nitrogens is 4. The molecule has 0 spiro atoms. The van der Waals surface area contributed by atoms with Crippen molar-refractivity contribution in [3.8, 4) is 0 Å². The van der Waals surface area contributed by atoms with E-state index in [4.69, 9.17) is 0 Å². The normalized spacial score (nSPS) is 12.0. The number of amides is 1. The molecule has 0 aliphatic carbocycles. The lowest BCUT2D eigenvalue weighted by molar-refractivity contribution is 0.0931. The highest BCUT2D eigenvalue weighted by atomic mass is 16.2. The second-order valence-electron chi connectivity index (χ2n) is 6.57. The number of carbonyl (C=O) groups is 1. The molecule has 0 fully saturated rings. The molecule has 1 amide bonds. The van der Waals surface area contributed by atoms with Crippen LogP contribution >= 0.6 is 0 Å². The third kappa shape index (κ3) is 3.68. The highest BCUT2D eigenvalue weighted by Gasteiger charge is 2.18. The highest BCUT2D eigenvalue weighted by molar-refractivity contribution is 5.92. The van der Waals surface area contributed by atoms with Crippen molar-refractivity contribution in [3.63, 3.8) is 0 Å². The quantitative estimate of drug-likeness (QED) is 0.562. The topological polar surface area (TPSA) is 92.2 Å². The van der Waals surface area contributed by atoms with Gasteiger partial charge in [0.1, 0.15) is 5.69 Å². The molecule has 3 heterocycles. The number of hydrogen-bond donors (Lipinski definition) is 2. The van der Waals surface area contributed by atoms with Gasteiger partial charge in [0.2, 0.25) is 0 Å². The molecule has 0 unspecified atom stereocenters. The lowest BCUT2D eigenvalue weighted by Gasteiger charge is -2.19. The summed E-state index contributed by atoms with van der Waals surface area (Å²) in [5.74, 6) is -0.273. The van der Waals surface area contributed by atoms with Crippen LogP contribution in [0.2, 0.25) is 0 Å². The maximum atomic E-state index is 12.6. The maximum Gasteiger partial charge on any atom is 0.272 e. The van der Waals surface area contributed by atoms with Gasteiger partial charge in [0, 0.05) is 30.4 Å². The Kier molecular flexibility index (Phi) is 4.72. The second kappa shape index (κ2) is 7.48. The molecule has 3 aromatic heterocycles. The Balaban J connectivity index is 1.66. The first-order chi connectivity index (χ1) is 13.6. The van der Waals surface area contributed by atoms with Gasteiger partial charge in [-0.25, -0.2) is 9.50 Å². The van der Waals surface area contributed by atoms with Crippen LogP contribution < -0.4 is 10.9 Å². The van der Waals surface area contributed by atoms with Crippen LogP contribution in [0.3, 0.4) is 0 Å². The Morgan fingerprint density at radius 2 is 1.93 bits per heavy atom. The number of hydrogen-bond acceptors (Lipinski definition) is 4. The van der Waals surface area contributed by atoms with Crippen molar-refractivity contribution < 1.29 is 4.79 Å².